The molecular formula is C11H24N2O2. The number of aliphatic hydroxyl groups is 1. The van der Waals surface area contributed by atoms with E-state index in [0.717, 1.165) is 25.9 Å². The zero-order valence-corrected chi connectivity index (χ0v) is 10.1. The first-order chi connectivity index (χ1) is 7.11. The van der Waals surface area contributed by atoms with Crippen LogP contribution in [0.5, 0.6) is 0 Å². The van der Waals surface area contributed by atoms with Crippen LogP contribution in [-0.2, 0) is 4.74 Å². The molecule has 15 heavy (non-hydrogen) atoms. The molecule has 4 heteroatoms. The van der Waals surface area contributed by atoms with E-state index in [1.165, 1.54) is 0 Å². The Labute approximate surface area is 92.8 Å². The van der Waals surface area contributed by atoms with Crippen LogP contribution in [0.4, 0.5) is 0 Å². The fraction of sp³-hybridized carbons (Fsp3) is 1.00. The summed E-state index contributed by atoms with van der Waals surface area (Å²) in [5.74, 6) is 0. The van der Waals surface area contributed by atoms with Gasteiger partial charge in [-0.15, -0.1) is 0 Å². The Morgan fingerprint density at radius 2 is 2.00 bits per heavy atom. The van der Waals surface area contributed by atoms with Crippen LogP contribution in [0.15, 0.2) is 0 Å². The molecule has 1 saturated heterocycles. The summed E-state index contributed by atoms with van der Waals surface area (Å²) >= 11 is 0. The fourth-order valence-electron chi connectivity index (χ4n) is 1.93. The summed E-state index contributed by atoms with van der Waals surface area (Å²) in [6, 6.07) is 0.181. The van der Waals surface area contributed by atoms with Crippen LogP contribution in [0.2, 0.25) is 0 Å². The highest BCUT2D eigenvalue weighted by atomic mass is 16.5. The Hall–Kier alpha value is -0.160. The number of aliphatic hydroxyl groups excluding tert-OH is 1. The first-order valence-corrected chi connectivity index (χ1v) is 5.72. The van der Waals surface area contributed by atoms with E-state index in [1.54, 1.807) is 0 Å². The van der Waals surface area contributed by atoms with Gasteiger partial charge in [0.1, 0.15) is 0 Å². The molecule has 1 fully saturated rings. The van der Waals surface area contributed by atoms with Gasteiger partial charge >= 0.3 is 0 Å². The summed E-state index contributed by atoms with van der Waals surface area (Å²) in [4.78, 5) is 4.40. The van der Waals surface area contributed by atoms with Crippen LogP contribution in [-0.4, -0.2) is 74.5 Å². The fourth-order valence-corrected chi connectivity index (χ4v) is 1.93. The molecule has 0 bridgehead atoms. The third-order valence-electron chi connectivity index (χ3n) is 2.97. The van der Waals surface area contributed by atoms with Crippen molar-refractivity contribution in [1.29, 1.82) is 0 Å². The second-order valence-corrected chi connectivity index (χ2v) is 4.64. The highest BCUT2D eigenvalue weighted by Gasteiger charge is 2.26. The van der Waals surface area contributed by atoms with E-state index >= 15 is 0 Å². The Bertz CT molecular complexity index is 176. The maximum Gasteiger partial charge on any atom is 0.0739 e. The van der Waals surface area contributed by atoms with Gasteiger partial charge in [0.05, 0.1) is 18.8 Å². The maximum absolute atomic E-state index is 9.82. The minimum absolute atomic E-state index is 0.181. The molecule has 2 atom stereocenters. The second-order valence-electron chi connectivity index (χ2n) is 4.64. The van der Waals surface area contributed by atoms with Crippen LogP contribution < -0.4 is 0 Å². The molecular weight excluding hydrogens is 192 g/mol. The number of rotatable bonds is 5. The molecule has 1 rings (SSSR count). The molecule has 0 aromatic carbocycles. The molecule has 0 aliphatic carbocycles. The lowest BCUT2D eigenvalue weighted by atomic mass is 10.1. The maximum atomic E-state index is 9.82. The van der Waals surface area contributed by atoms with Crippen LogP contribution >= 0.6 is 0 Å². The van der Waals surface area contributed by atoms with Gasteiger partial charge in [0.25, 0.3) is 0 Å². The summed E-state index contributed by atoms with van der Waals surface area (Å²) in [7, 11) is 6.23. The molecule has 0 radical (unpaired) electrons. The highest BCUT2D eigenvalue weighted by molar-refractivity contribution is 4.80. The molecule has 0 amide bonds. The molecule has 1 aliphatic heterocycles. The van der Waals surface area contributed by atoms with Crippen molar-refractivity contribution < 1.29 is 9.84 Å². The topological polar surface area (TPSA) is 35.9 Å². The average Bonchev–Trinajstić information content (AvgIpc) is 2.17. The quantitative estimate of drug-likeness (QED) is 0.703. The van der Waals surface area contributed by atoms with Crippen molar-refractivity contribution in [2.75, 3.05) is 47.4 Å². The van der Waals surface area contributed by atoms with Gasteiger partial charge in [-0.1, -0.05) is 0 Å². The van der Waals surface area contributed by atoms with Crippen molar-refractivity contribution in [3.05, 3.63) is 0 Å². The second kappa shape index (κ2) is 6.43. The van der Waals surface area contributed by atoms with Crippen molar-refractivity contribution in [2.24, 2.45) is 0 Å². The predicted octanol–water partition coefficient (Wildman–Crippen LogP) is 0.0197. The normalized spacial score (nSPS) is 27.6. The van der Waals surface area contributed by atoms with E-state index < -0.39 is 0 Å². The van der Waals surface area contributed by atoms with Crippen molar-refractivity contribution in [3.8, 4) is 0 Å². The molecule has 90 valence electrons. The SMILES string of the molecule is CN(C)CCCN(C)C1COCCC1O. The van der Waals surface area contributed by atoms with Crippen molar-refractivity contribution in [3.63, 3.8) is 0 Å². The molecule has 1 N–H and O–H groups in total. The standard InChI is InChI=1S/C11H24N2O2/c1-12(2)6-4-7-13(3)10-9-15-8-5-11(10)14/h10-11,14H,4-9H2,1-3H3. The van der Waals surface area contributed by atoms with E-state index in [4.69, 9.17) is 4.74 Å². The molecule has 0 saturated carbocycles. The molecule has 1 heterocycles. The molecule has 0 aromatic rings. The lowest BCUT2D eigenvalue weighted by Gasteiger charge is -2.35. The van der Waals surface area contributed by atoms with Gasteiger partial charge in [0.2, 0.25) is 0 Å². The van der Waals surface area contributed by atoms with Crippen LogP contribution in [0, 0.1) is 0 Å². The monoisotopic (exact) mass is 216 g/mol. The lowest BCUT2D eigenvalue weighted by Crippen LogP contribution is -2.48. The number of hydrogen-bond acceptors (Lipinski definition) is 4. The van der Waals surface area contributed by atoms with E-state index in [-0.39, 0.29) is 12.1 Å². The number of nitrogens with zero attached hydrogens (tertiary/aromatic N) is 2. The summed E-state index contributed by atoms with van der Waals surface area (Å²) in [5, 5.41) is 9.82. The largest absolute Gasteiger partial charge is 0.391 e. The Balaban J connectivity index is 2.22. The van der Waals surface area contributed by atoms with Crippen LogP contribution in [0.25, 0.3) is 0 Å². The Morgan fingerprint density at radius 3 is 2.60 bits per heavy atom. The van der Waals surface area contributed by atoms with Gasteiger partial charge in [0, 0.05) is 6.61 Å². The van der Waals surface area contributed by atoms with E-state index in [0.29, 0.717) is 13.2 Å². The zero-order valence-electron chi connectivity index (χ0n) is 10.1. The van der Waals surface area contributed by atoms with Crippen molar-refractivity contribution in [2.45, 2.75) is 25.0 Å². The van der Waals surface area contributed by atoms with E-state index in [9.17, 15) is 5.11 Å². The third kappa shape index (κ3) is 4.47. The smallest absolute Gasteiger partial charge is 0.0739 e. The number of ether oxygens (including phenoxy) is 1. The zero-order chi connectivity index (χ0) is 11.3. The summed E-state index contributed by atoms with van der Waals surface area (Å²) < 4.78 is 5.39. The molecule has 4 nitrogen and oxygen atoms in total. The summed E-state index contributed by atoms with van der Waals surface area (Å²) in [5.41, 5.74) is 0. The Morgan fingerprint density at radius 1 is 1.27 bits per heavy atom. The van der Waals surface area contributed by atoms with Crippen molar-refractivity contribution >= 4 is 0 Å². The minimum Gasteiger partial charge on any atom is -0.391 e. The summed E-state index contributed by atoms with van der Waals surface area (Å²) in [6.45, 7) is 3.47. The third-order valence-corrected chi connectivity index (χ3v) is 2.97. The predicted molar refractivity (Wildman–Crippen MR) is 61.0 cm³/mol. The molecule has 2 unspecified atom stereocenters. The van der Waals surface area contributed by atoms with Crippen molar-refractivity contribution in [1.82, 2.24) is 9.80 Å². The minimum atomic E-state index is -0.219. The average molecular weight is 216 g/mol. The van der Waals surface area contributed by atoms with Crippen LogP contribution in [0.3, 0.4) is 0 Å². The molecule has 0 aromatic heterocycles. The van der Waals surface area contributed by atoms with Gasteiger partial charge < -0.3 is 14.7 Å². The first-order valence-electron chi connectivity index (χ1n) is 5.72. The van der Waals surface area contributed by atoms with Gasteiger partial charge in [-0.05, 0) is 47.1 Å². The number of likely N-dealkylation sites (N-methyl/N-ethyl adjacent to an activating group) is 1. The molecule has 0 spiro atoms. The van der Waals surface area contributed by atoms with E-state index in [2.05, 4.69) is 30.9 Å². The molecule has 1 aliphatic rings. The van der Waals surface area contributed by atoms with Gasteiger partial charge in [-0.25, -0.2) is 0 Å². The Kier molecular flexibility index (Phi) is 5.53. The van der Waals surface area contributed by atoms with E-state index in [1.807, 2.05) is 0 Å². The van der Waals surface area contributed by atoms with Gasteiger partial charge in [-0.3, -0.25) is 4.90 Å². The number of hydrogen-bond donors (Lipinski definition) is 1. The van der Waals surface area contributed by atoms with Gasteiger partial charge in [-0.2, -0.15) is 0 Å². The first kappa shape index (κ1) is 12.9. The lowest BCUT2D eigenvalue weighted by molar-refractivity contribution is -0.0544. The van der Waals surface area contributed by atoms with Gasteiger partial charge in [0.15, 0.2) is 0 Å². The summed E-state index contributed by atoms with van der Waals surface area (Å²) in [6.07, 6.45) is 1.68. The van der Waals surface area contributed by atoms with Crippen LogP contribution in [0.1, 0.15) is 12.8 Å². The highest BCUT2D eigenvalue weighted by Crippen LogP contribution is 2.13.